The molecule has 1 aliphatic rings. The van der Waals surface area contributed by atoms with Gasteiger partial charge < -0.3 is 10.1 Å². The molecule has 0 bridgehead atoms. The molecule has 2 aromatic rings. The Kier molecular flexibility index (Phi) is 4.07. The highest BCUT2D eigenvalue weighted by Gasteiger charge is 2.34. The lowest BCUT2D eigenvalue weighted by molar-refractivity contribution is -0.0305. The van der Waals surface area contributed by atoms with E-state index in [4.69, 9.17) is 27.9 Å². The normalized spacial score (nSPS) is 26.6. The summed E-state index contributed by atoms with van der Waals surface area (Å²) in [5, 5.41) is 3.57. The fourth-order valence-electron chi connectivity index (χ4n) is 2.46. The molecular weight excluding hydrogens is 313 g/mol. The Morgan fingerprint density at radius 2 is 2.05 bits per heavy atom. The molecule has 1 aromatic heterocycles. The number of benzene rings is 1. The highest BCUT2D eigenvalue weighted by atomic mass is 35.5. The minimum atomic E-state index is -0.163. The highest BCUT2D eigenvalue weighted by molar-refractivity contribution is 7.20. The average Bonchev–Trinajstić information content (AvgIpc) is 2.80. The van der Waals surface area contributed by atoms with E-state index in [1.807, 2.05) is 24.3 Å². The molecule has 2 heterocycles. The zero-order valence-electron chi connectivity index (χ0n) is 11.0. The van der Waals surface area contributed by atoms with Crippen molar-refractivity contribution >= 4 is 34.5 Å². The zero-order chi connectivity index (χ0) is 14.2. The van der Waals surface area contributed by atoms with Gasteiger partial charge in [0.2, 0.25) is 0 Å². The lowest BCUT2D eigenvalue weighted by Gasteiger charge is -2.39. The van der Waals surface area contributed by atoms with Gasteiger partial charge in [-0.25, -0.2) is 0 Å². The van der Waals surface area contributed by atoms with E-state index in [0.717, 1.165) is 12.1 Å². The molecule has 106 valence electrons. The quantitative estimate of drug-likeness (QED) is 0.868. The number of morpholine rings is 1. The minimum absolute atomic E-state index is 0.0389. The molecule has 1 fully saturated rings. The van der Waals surface area contributed by atoms with Crippen LogP contribution < -0.4 is 5.32 Å². The topological polar surface area (TPSA) is 21.3 Å². The van der Waals surface area contributed by atoms with Crippen LogP contribution in [-0.2, 0) is 10.3 Å². The summed E-state index contributed by atoms with van der Waals surface area (Å²) in [6, 6.07) is 12.2. The van der Waals surface area contributed by atoms with E-state index < -0.39 is 0 Å². The molecule has 0 saturated carbocycles. The predicted octanol–water partition coefficient (Wildman–Crippen LogP) is 4.63. The first-order valence-corrected chi connectivity index (χ1v) is 8.03. The summed E-state index contributed by atoms with van der Waals surface area (Å²) in [5.74, 6) is 0. The van der Waals surface area contributed by atoms with Crippen molar-refractivity contribution in [3.63, 3.8) is 0 Å². The summed E-state index contributed by atoms with van der Waals surface area (Å²) < 4.78 is 7.44. The van der Waals surface area contributed by atoms with Crippen molar-refractivity contribution in [2.24, 2.45) is 0 Å². The molecule has 1 saturated heterocycles. The van der Waals surface area contributed by atoms with E-state index in [0.29, 0.717) is 15.3 Å². The van der Waals surface area contributed by atoms with Gasteiger partial charge in [-0.3, -0.25) is 0 Å². The van der Waals surface area contributed by atoms with Crippen molar-refractivity contribution in [1.82, 2.24) is 5.32 Å². The van der Waals surface area contributed by atoms with Crippen LogP contribution in [-0.4, -0.2) is 13.2 Å². The number of hydrogen-bond acceptors (Lipinski definition) is 3. The predicted molar refractivity (Wildman–Crippen MR) is 84.8 cm³/mol. The van der Waals surface area contributed by atoms with Crippen molar-refractivity contribution in [2.75, 3.05) is 13.2 Å². The monoisotopic (exact) mass is 327 g/mol. The van der Waals surface area contributed by atoms with Gasteiger partial charge in [0.25, 0.3) is 0 Å². The Balaban J connectivity index is 1.75. The molecule has 20 heavy (non-hydrogen) atoms. The van der Waals surface area contributed by atoms with E-state index in [1.165, 1.54) is 16.9 Å². The Morgan fingerprint density at radius 3 is 2.60 bits per heavy atom. The second kappa shape index (κ2) is 5.66. The van der Waals surface area contributed by atoms with Gasteiger partial charge in [0.1, 0.15) is 4.34 Å². The number of ether oxygens (including phenoxy) is 1. The van der Waals surface area contributed by atoms with Crippen LogP contribution in [0.3, 0.4) is 0 Å². The molecule has 2 unspecified atom stereocenters. The number of hydrogen-bond donors (Lipinski definition) is 1. The summed E-state index contributed by atoms with van der Waals surface area (Å²) in [7, 11) is 0. The summed E-state index contributed by atoms with van der Waals surface area (Å²) in [5.41, 5.74) is 2.04. The lowest BCUT2D eigenvalue weighted by atomic mass is 9.91. The lowest BCUT2D eigenvalue weighted by Crippen LogP contribution is -2.50. The van der Waals surface area contributed by atoms with Gasteiger partial charge in [-0.05, 0) is 18.6 Å². The van der Waals surface area contributed by atoms with Gasteiger partial charge in [0, 0.05) is 12.1 Å². The second-order valence-corrected chi connectivity index (χ2v) is 7.44. The summed E-state index contributed by atoms with van der Waals surface area (Å²) in [4.78, 5) is 0. The minimum Gasteiger partial charge on any atom is -0.370 e. The number of halogens is 2. The molecule has 0 radical (unpaired) electrons. The molecule has 0 amide bonds. The third-order valence-corrected chi connectivity index (χ3v) is 5.21. The largest absolute Gasteiger partial charge is 0.370 e. The SMILES string of the molecule is CC1(c2ccccc2)COC(c2cc(Cl)sc2Cl)CN1. The van der Waals surface area contributed by atoms with Crippen molar-refractivity contribution in [1.29, 1.82) is 0 Å². The van der Waals surface area contributed by atoms with Gasteiger partial charge in [-0.15, -0.1) is 11.3 Å². The molecule has 0 spiro atoms. The molecule has 2 atom stereocenters. The first-order chi connectivity index (χ1) is 9.58. The van der Waals surface area contributed by atoms with E-state index in [9.17, 15) is 0 Å². The molecule has 3 rings (SSSR count). The van der Waals surface area contributed by atoms with Crippen LogP contribution in [0.1, 0.15) is 24.2 Å². The molecule has 5 heteroatoms. The van der Waals surface area contributed by atoms with Gasteiger partial charge in [-0.2, -0.15) is 0 Å². The second-order valence-electron chi connectivity index (χ2n) is 5.16. The molecule has 1 aromatic carbocycles. The van der Waals surface area contributed by atoms with E-state index >= 15 is 0 Å². The molecule has 2 nitrogen and oxygen atoms in total. The van der Waals surface area contributed by atoms with Crippen LogP contribution in [0.2, 0.25) is 8.67 Å². The van der Waals surface area contributed by atoms with E-state index in [2.05, 4.69) is 24.4 Å². The summed E-state index contributed by atoms with van der Waals surface area (Å²) >= 11 is 13.6. The number of thiophene rings is 1. The Bertz CT molecular complexity index is 591. The average molecular weight is 328 g/mol. The van der Waals surface area contributed by atoms with E-state index in [1.54, 1.807) is 0 Å². The van der Waals surface area contributed by atoms with Crippen molar-refractivity contribution in [3.05, 3.63) is 56.2 Å². The first-order valence-electron chi connectivity index (χ1n) is 6.45. The van der Waals surface area contributed by atoms with Crippen LogP contribution in [0.25, 0.3) is 0 Å². The van der Waals surface area contributed by atoms with Gasteiger partial charge in [-0.1, -0.05) is 53.5 Å². The maximum absolute atomic E-state index is 6.19. The summed E-state index contributed by atoms with van der Waals surface area (Å²) in [6.45, 7) is 3.48. The smallest absolute Gasteiger partial charge is 0.100 e. The fraction of sp³-hybridized carbons (Fsp3) is 0.333. The Hall–Kier alpha value is -0.580. The molecular formula is C15H15Cl2NOS. The third kappa shape index (κ3) is 2.74. The van der Waals surface area contributed by atoms with Crippen molar-refractivity contribution in [3.8, 4) is 0 Å². The van der Waals surface area contributed by atoms with Gasteiger partial charge >= 0.3 is 0 Å². The fourth-order valence-corrected chi connectivity index (χ4v) is 4.02. The standard InChI is InChI=1S/C15H15Cl2NOS/c1-15(10-5-3-2-4-6-10)9-19-12(8-18-15)11-7-13(16)20-14(11)17/h2-7,12,18H,8-9H2,1H3. The van der Waals surface area contributed by atoms with Crippen molar-refractivity contribution in [2.45, 2.75) is 18.6 Å². The molecule has 0 aliphatic carbocycles. The number of nitrogens with one attached hydrogen (secondary N) is 1. The van der Waals surface area contributed by atoms with Crippen LogP contribution in [0.4, 0.5) is 0 Å². The van der Waals surface area contributed by atoms with Crippen LogP contribution >= 0.6 is 34.5 Å². The van der Waals surface area contributed by atoms with Gasteiger partial charge in [0.05, 0.1) is 22.6 Å². The highest BCUT2D eigenvalue weighted by Crippen LogP contribution is 2.38. The molecule has 1 N–H and O–H groups in total. The van der Waals surface area contributed by atoms with Crippen LogP contribution in [0, 0.1) is 0 Å². The Labute approximate surface area is 132 Å². The maximum Gasteiger partial charge on any atom is 0.100 e. The van der Waals surface area contributed by atoms with Crippen molar-refractivity contribution < 1.29 is 4.74 Å². The van der Waals surface area contributed by atoms with E-state index in [-0.39, 0.29) is 11.6 Å². The maximum atomic E-state index is 6.19. The van der Waals surface area contributed by atoms with Gasteiger partial charge in [0.15, 0.2) is 0 Å². The van der Waals surface area contributed by atoms with Crippen LogP contribution in [0.15, 0.2) is 36.4 Å². The summed E-state index contributed by atoms with van der Waals surface area (Å²) in [6.07, 6.45) is -0.0389. The first kappa shape index (κ1) is 14.4. The number of rotatable bonds is 2. The Morgan fingerprint density at radius 1 is 1.30 bits per heavy atom. The zero-order valence-corrected chi connectivity index (χ0v) is 13.4. The van der Waals surface area contributed by atoms with Crippen LogP contribution in [0.5, 0.6) is 0 Å². The molecule has 1 aliphatic heterocycles. The third-order valence-electron chi connectivity index (χ3n) is 3.69.